The molecule has 0 spiro atoms. The minimum atomic E-state index is 0.284. The van der Waals surface area contributed by atoms with Crippen LogP contribution >= 0.6 is 0 Å². The van der Waals surface area contributed by atoms with Gasteiger partial charge in [0.2, 0.25) is 0 Å². The van der Waals surface area contributed by atoms with E-state index in [-0.39, 0.29) is 6.04 Å². The van der Waals surface area contributed by atoms with Crippen molar-refractivity contribution >= 4 is 0 Å². The number of rotatable bonds is 5. The molecule has 1 rings (SSSR count). The standard InChI is InChI=1S/C12H20N2/c1-3-6-10-7-5-8-11(9-10)12(4-2)14-13/h5,7-9,12,14H,3-4,6,13H2,1-2H3. The number of nitrogens with two attached hydrogens (primary N) is 1. The van der Waals surface area contributed by atoms with Crippen LogP contribution in [0.3, 0.4) is 0 Å². The van der Waals surface area contributed by atoms with E-state index in [1.807, 2.05) is 0 Å². The van der Waals surface area contributed by atoms with Crippen LogP contribution in [0.25, 0.3) is 0 Å². The molecule has 1 aromatic carbocycles. The normalized spacial score (nSPS) is 12.8. The molecule has 0 aliphatic carbocycles. The molecule has 0 aliphatic heterocycles. The van der Waals surface area contributed by atoms with Gasteiger partial charge in [0, 0.05) is 6.04 Å². The van der Waals surface area contributed by atoms with Gasteiger partial charge in [0.25, 0.3) is 0 Å². The average molecular weight is 192 g/mol. The fourth-order valence-corrected chi connectivity index (χ4v) is 1.70. The van der Waals surface area contributed by atoms with Crippen molar-refractivity contribution in [2.75, 3.05) is 0 Å². The van der Waals surface area contributed by atoms with Crippen molar-refractivity contribution in [3.63, 3.8) is 0 Å². The van der Waals surface area contributed by atoms with Crippen LogP contribution in [-0.4, -0.2) is 0 Å². The Morgan fingerprint density at radius 1 is 1.36 bits per heavy atom. The van der Waals surface area contributed by atoms with Gasteiger partial charge in [-0.25, -0.2) is 0 Å². The van der Waals surface area contributed by atoms with Crippen molar-refractivity contribution in [1.29, 1.82) is 0 Å². The van der Waals surface area contributed by atoms with Gasteiger partial charge in [-0.3, -0.25) is 11.3 Å². The molecule has 0 bridgehead atoms. The van der Waals surface area contributed by atoms with Crippen LogP contribution in [0.2, 0.25) is 0 Å². The summed E-state index contributed by atoms with van der Waals surface area (Å²) in [5, 5.41) is 0. The Morgan fingerprint density at radius 2 is 2.14 bits per heavy atom. The van der Waals surface area contributed by atoms with E-state index in [4.69, 9.17) is 5.84 Å². The van der Waals surface area contributed by atoms with Crippen LogP contribution in [-0.2, 0) is 6.42 Å². The molecular formula is C12H20N2. The molecule has 0 fully saturated rings. The number of aryl methyl sites for hydroxylation is 1. The van der Waals surface area contributed by atoms with Crippen molar-refractivity contribution in [3.05, 3.63) is 35.4 Å². The number of benzene rings is 1. The third-order valence-electron chi connectivity index (χ3n) is 2.50. The zero-order valence-corrected chi connectivity index (χ0v) is 9.09. The van der Waals surface area contributed by atoms with Crippen molar-refractivity contribution in [2.45, 2.75) is 39.2 Å². The third-order valence-corrected chi connectivity index (χ3v) is 2.50. The molecule has 1 aromatic rings. The zero-order valence-electron chi connectivity index (χ0n) is 9.09. The number of hydrogen-bond donors (Lipinski definition) is 2. The monoisotopic (exact) mass is 192 g/mol. The molecule has 0 saturated heterocycles. The van der Waals surface area contributed by atoms with Gasteiger partial charge in [-0.1, -0.05) is 44.5 Å². The minimum Gasteiger partial charge on any atom is -0.271 e. The molecule has 3 N–H and O–H groups in total. The lowest BCUT2D eigenvalue weighted by Gasteiger charge is -2.14. The second-order valence-corrected chi connectivity index (χ2v) is 3.62. The lowest BCUT2D eigenvalue weighted by atomic mass is 10.0. The lowest BCUT2D eigenvalue weighted by Crippen LogP contribution is -2.27. The zero-order chi connectivity index (χ0) is 10.4. The van der Waals surface area contributed by atoms with E-state index in [1.165, 1.54) is 17.5 Å². The van der Waals surface area contributed by atoms with E-state index in [1.54, 1.807) is 0 Å². The summed E-state index contributed by atoms with van der Waals surface area (Å²) in [4.78, 5) is 0. The van der Waals surface area contributed by atoms with Crippen molar-refractivity contribution in [2.24, 2.45) is 5.84 Å². The first-order valence-corrected chi connectivity index (χ1v) is 5.36. The Balaban J connectivity index is 2.81. The van der Waals surface area contributed by atoms with E-state index in [9.17, 15) is 0 Å². The number of hydrazine groups is 1. The van der Waals surface area contributed by atoms with Gasteiger partial charge in [0.1, 0.15) is 0 Å². The summed E-state index contributed by atoms with van der Waals surface area (Å²) in [6, 6.07) is 8.95. The summed E-state index contributed by atoms with van der Waals surface area (Å²) in [6.45, 7) is 4.34. The highest BCUT2D eigenvalue weighted by atomic mass is 15.2. The van der Waals surface area contributed by atoms with Crippen LogP contribution < -0.4 is 11.3 Å². The van der Waals surface area contributed by atoms with Crippen LogP contribution in [0, 0.1) is 0 Å². The van der Waals surface area contributed by atoms with Gasteiger partial charge in [-0.2, -0.15) is 0 Å². The first-order chi connectivity index (χ1) is 6.81. The van der Waals surface area contributed by atoms with Crippen LogP contribution in [0.15, 0.2) is 24.3 Å². The summed E-state index contributed by atoms with van der Waals surface area (Å²) >= 11 is 0. The summed E-state index contributed by atoms with van der Waals surface area (Å²) in [5.74, 6) is 5.49. The first kappa shape index (κ1) is 11.2. The van der Waals surface area contributed by atoms with E-state index < -0.39 is 0 Å². The maximum atomic E-state index is 5.49. The summed E-state index contributed by atoms with van der Waals surface area (Å²) in [6.07, 6.45) is 3.36. The Bertz CT molecular complexity index is 267. The second kappa shape index (κ2) is 5.78. The third kappa shape index (κ3) is 2.82. The Hall–Kier alpha value is -0.860. The van der Waals surface area contributed by atoms with Crippen LogP contribution in [0.5, 0.6) is 0 Å². The van der Waals surface area contributed by atoms with Crippen LogP contribution in [0.4, 0.5) is 0 Å². The van der Waals surface area contributed by atoms with Crippen LogP contribution in [0.1, 0.15) is 43.9 Å². The molecule has 1 atom stereocenters. The molecule has 0 aromatic heterocycles. The fourth-order valence-electron chi connectivity index (χ4n) is 1.70. The molecule has 14 heavy (non-hydrogen) atoms. The molecule has 0 aliphatic rings. The first-order valence-electron chi connectivity index (χ1n) is 5.36. The predicted molar refractivity (Wildman–Crippen MR) is 60.8 cm³/mol. The Kier molecular flexibility index (Phi) is 4.63. The lowest BCUT2D eigenvalue weighted by molar-refractivity contribution is 0.538. The van der Waals surface area contributed by atoms with E-state index >= 15 is 0 Å². The Labute approximate surface area is 86.5 Å². The SMILES string of the molecule is CCCc1cccc(C(CC)NN)c1. The highest BCUT2D eigenvalue weighted by molar-refractivity contribution is 5.26. The van der Waals surface area contributed by atoms with Gasteiger partial charge in [0.15, 0.2) is 0 Å². The summed E-state index contributed by atoms with van der Waals surface area (Å²) < 4.78 is 0. The smallest absolute Gasteiger partial charge is 0.0457 e. The largest absolute Gasteiger partial charge is 0.271 e. The highest BCUT2D eigenvalue weighted by Gasteiger charge is 2.06. The number of hydrogen-bond acceptors (Lipinski definition) is 2. The maximum absolute atomic E-state index is 5.49. The van der Waals surface area contributed by atoms with Gasteiger partial charge < -0.3 is 0 Å². The van der Waals surface area contributed by atoms with Gasteiger partial charge in [-0.05, 0) is 24.0 Å². The second-order valence-electron chi connectivity index (χ2n) is 3.62. The maximum Gasteiger partial charge on any atom is 0.0457 e. The number of nitrogens with one attached hydrogen (secondary N) is 1. The molecule has 2 nitrogen and oxygen atoms in total. The van der Waals surface area contributed by atoms with E-state index in [2.05, 4.69) is 43.5 Å². The molecule has 0 saturated carbocycles. The highest BCUT2D eigenvalue weighted by Crippen LogP contribution is 2.17. The molecule has 0 heterocycles. The Morgan fingerprint density at radius 3 is 2.71 bits per heavy atom. The van der Waals surface area contributed by atoms with Crippen molar-refractivity contribution in [1.82, 2.24) is 5.43 Å². The predicted octanol–water partition coefficient (Wildman–Crippen LogP) is 2.55. The van der Waals surface area contributed by atoms with E-state index in [0.717, 1.165) is 12.8 Å². The molecular weight excluding hydrogens is 172 g/mol. The van der Waals surface area contributed by atoms with Gasteiger partial charge in [0.05, 0.1) is 0 Å². The average Bonchev–Trinajstić information content (AvgIpc) is 2.21. The van der Waals surface area contributed by atoms with Crippen molar-refractivity contribution < 1.29 is 0 Å². The molecule has 78 valence electrons. The summed E-state index contributed by atoms with van der Waals surface area (Å²) in [5.41, 5.74) is 5.53. The molecule has 0 amide bonds. The van der Waals surface area contributed by atoms with Gasteiger partial charge in [-0.15, -0.1) is 0 Å². The van der Waals surface area contributed by atoms with Gasteiger partial charge >= 0.3 is 0 Å². The molecule has 0 radical (unpaired) electrons. The molecule has 2 heteroatoms. The quantitative estimate of drug-likeness (QED) is 0.556. The summed E-state index contributed by atoms with van der Waals surface area (Å²) in [7, 11) is 0. The minimum absolute atomic E-state index is 0.284. The topological polar surface area (TPSA) is 38.0 Å². The molecule has 1 unspecified atom stereocenters. The van der Waals surface area contributed by atoms with Crippen molar-refractivity contribution in [3.8, 4) is 0 Å². The van der Waals surface area contributed by atoms with E-state index in [0.29, 0.717) is 0 Å². The fraction of sp³-hybridized carbons (Fsp3) is 0.500.